The van der Waals surface area contributed by atoms with Crippen molar-refractivity contribution >= 4 is 11.5 Å². The summed E-state index contributed by atoms with van der Waals surface area (Å²) in [5, 5.41) is 0. The molecule has 2 nitrogen and oxygen atoms in total. The van der Waals surface area contributed by atoms with Crippen molar-refractivity contribution in [1.82, 2.24) is 0 Å². The molecule has 1 aliphatic heterocycles. The van der Waals surface area contributed by atoms with Gasteiger partial charge in [0.1, 0.15) is 5.82 Å². The van der Waals surface area contributed by atoms with E-state index in [1.807, 2.05) is 6.07 Å². The van der Waals surface area contributed by atoms with Gasteiger partial charge >= 0.3 is 0 Å². The van der Waals surface area contributed by atoms with Crippen LogP contribution in [0, 0.1) is 18.7 Å². The Morgan fingerprint density at radius 1 is 1.37 bits per heavy atom. The summed E-state index contributed by atoms with van der Waals surface area (Å²) < 4.78 is 13.7. The quantitative estimate of drug-likeness (QED) is 0.753. The van der Waals surface area contributed by atoms with Gasteiger partial charge in [0.25, 0.3) is 0 Å². The first-order valence-electron chi connectivity index (χ1n) is 6.99. The monoisotopic (exact) mass is 263 g/mol. The van der Waals surface area contributed by atoms with Gasteiger partial charge in [0.2, 0.25) is 0 Å². The average molecular weight is 263 g/mol. The predicted octanol–water partition coefficient (Wildman–Crippen LogP) is 3.96. The number of carbonyl (C=O) groups excluding carboxylic acids is 1. The molecule has 1 fully saturated rings. The summed E-state index contributed by atoms with van der Waals surface area (Å²) in [6, 6.07) is 3.59. The van der Waals surface area contributed by atoms with Crippen molar-refractivity contribution in [2.24, 2.45) is 5.92 Å². The molecule has 0 aromatic heterocycles. The molecular formula is C16H22FNO. The first-order chi connectivity index (χ1) is 8.91. The highest BCUT2D eigenvalue weighted by molar-refractivity contribution is 6.00. The van der Waals surface area contributed by atoms with E-state index in [0.29, 0.717) is 23.1 Å². The SMILES string of the molecule is CC(=O)c1cc(F)c(C)cc1N1CCCC(C)C1C. The fourth-order valence-corrected chi connectivity index (χ4v) is 2.86. The van der Waals surface area contributed by atoms with Crippen molar-refractivity contribution in [1.29, 1.82) is 0 Å². The fourth-order valence-electron chi connectivity index (χ4n) is 2.86. The lowest BCUT2D eigenvalue weighted by Crippen LogP contribution is -2.43. The fraction of sp³-hybridized carbons (Fsp3) is 0.562. The molecule has 3 heteroatoms. The molecule has 0 saturated carbocycles. The summed E-state index contributed by atoms with van der Waals surface area (Å²) in [6.07, 6.45) is 2.34. The Balaban J connectivity index is 2.48. The van der Waals surface area contributed by atoms with Gasteiger partial charge in [-0.25, -0.2) is 4.39 Å². The van der Waals surface area contributed by atoms with Gasteiger partial charge in [-0.2, -0.15) is 0 Å². The smallest absolute Gasteiger partial charge is 0.161 e. The molecule has 0 radical (unpaired) electrons. The van der Waals surface area contributed by atoms with Crippen molar-refractivity contribution in [3.8, 4) is 0 Å². The highest BCUT2D eigenvalue weighted by Crippen LogP contribution is 2.32. The van der Waals surface area contributed by atoms with E-state index in [9.17, 15) is 9.18 Å². The summed E-state index contributed by atoms with van der Waals surface area (Å²) in [7, 11) is 0. The normalized spacial score (nSPS) is 23.5. The van der Waals surface area contributed by atoms with E-state index in [0.717, 1.165) is 18.7 Å². The van der Waals surface area contributed by atoms with Crippen molar-refractivity contribution in [3.63, 3.8) is 0 Å². The lowest BCUT2D eigenvalue weighted by Gasteiger charge is -2.40. The summed E-state index contributed by atoms with van der Waals surface area (Å²) in [4.78, 5) is 14.0. The predicted molar refractivity (Wildman–Crippen MR) is 76.3 cm³/mol. The molecule has 2 rings (SSSR count). The molecule has 0 N–H and O–H groups in total. The largest absolute Gasteiger partial charge is 0.368 e. The number of anilines is 1. The highest BCUT2D eigenvalue weighted by atomic mass is 19.1. The number of aryl methyl sites for hydroxylation is 1. The minimum Gasteiger partial charge on any atom is -0.368 e. The molecule has 19 heavy (non-hydrogen) atoms. The molecule has 0 spiro atoms. The van der Waals surface area contributed by atoms with Gasteiger partial charge in [-0.1, -0.05) is 6.92 Å². The lowest BCUT2D eigenvalue weighted by atomic mass is 9.90. The van der Waals surface area contributed by atoms with Crippen LogP contribution in [0.15, 0.2) is 12.1 Å². The molecule has 1 aliphatic rings. The maximum Gasteiger partial charge on any atom is 0.161 e. The zero-order valence-corrected chi connectivity index (χ0v) is 12.2. The van der Waals surface area contributed by atoms with Gasteiger partial charge in [-0.3, -0.25) is 4.79 Å². The van der Waals surface area contributed by atoms with Crippen LogP contribution in [0.4, 0.5) is 10.1 Å². The topological polar surface area (TPSA) is 20.3 Å². The Labute approximate surface area is 114 Å². The van der Waals surface area contributed by atoms with Crippen molar-refractivity contribution in [3.05, 3.63) is 29.1 Å². The number of hydrogen-bond donors (Lipinski definition) is 0. The average Bonchev–Trinajstić information content (AvgIpc) is 2.35. The van der Waals surface area contributed by atoms with Crippen LogP contribution >= 0.6 is 0 Å². The van der Waals surface area contributed by atoms with Gasteiger partial charge < -0.3 is 4.90 Å². The first-order valence-corrected chi connectivity index (χ1v) is 6.99. The van der Waals surface area contributed by atoms with Crippen LogP contribution in [-0.4, -0.2) is 18.4 Å². The number of nitrogens with zero attached hydrogens (tertiary/aromatic N) is 1. The van der Waals surface area contributed by atoms with Crippen LogP contribution in [0.5, 0.6) is 0 Å². The van der Waals surface area contributed by atoms with Gasteiger partial charge in [-0.05, 0) is 57.2 Å². The molecule has 0 aliphatic carbocycles. The van der Waals surface area contributed by atoms with Crippen molar-refractivity contribution < 1.29 is 9.18 Å². The van der Waals surface area contributed by atoms with E-state index >= 15 is 0 Å². The van der Waals surface area contributed by atoms with Crippen molar-refractivity contribution in [2.45, 2.75) is 46.6 Å². The van der Waals surface area contributed by atoms with Crippen LogP contribution in [0.2, 0.25) is 0 Å². The Morgan fingerprint density at radius 3 is 2.68 bits per heavy atom. The minimum atomic E-state index is -0.299. The van der Waals surface area contributed by atoms with Crippen LogP contribution in [0.1, 0.15) is 49.5 Å². The highest BCUT2D eigenvalue weighted by Gasteiger charge is 2.27. The molecule has 1 aromatic rings. The minimum absolute atomic E-state index is 0.0701. The van der Waals surface area contributed by atoms with E-state index in [1.165, 1.54) is 19.4 Å². The summed E-state index contributed by atoms with van der Waals surface area (Å²) in [6.45, 7) is 8.62. The number of Topliss-reactive ketones (excluding diaryl/α,β-unsaturated/α-hetero) is 1. The van der Waals surface area contributed by atoms with Crippen LogP contribution in [-0.2, 0) is 0 Å². The van der Waals surface area contributed by atoms with Crippen molar-refractivity contribution in [2.75, 3.05) is 11.4 Å². The molecule has 2 unspecified atom stereocenters. The molecule has 104 valence electrons. The zero-order chi connectivity index (χ0) is 14.2. The third-order valence-electron chi connectivity index (χ3n) is 4.34. The van der Waals surface area contributed by atoms with E-state index in [-0.39, 0.29) is 11.6 Å². The van der Waals surface area contributed by atoms with Gasteiger partial charge in [0.05, 0.1) is 0 Å². The molecule has 1 heterocycles. The maximum absolute atomic E-state index is 13.7. The third kappa shape index (κ3) is 2.65. The molecule has 1 saturated heterocycles. The summed E-state index contributed by atoms with van der Waals surface area (Å²) in [5.74, 6) is 0.227. The second-order valence-electron chi connectivity index (χ2n) is 5.73. The number of piperidine rings is 1. The lowest BCUT2D eigenvalue weighted by molar-refractivity contribution is 0.101. The van der Waals surface area contributed by atoms with E-state index in [4.69, 9.17) is 0 Å². The van der Waals surface area contributed by atoms with Crippen LogP contribution < -0.4 is 4.90 Å². The second-order valence-corrected chi connectivity index (χ2v) is 5.73. The second kappa shape index (κ2) is 5.32. The first kappa shape index (κ1) is 14.0. The van der Waals surface area contributed by atoms with Crippen LogP contribution in [0.25, 0.3) is 0 Å². The van der Waals surface area contributed by atoms with E-state index in [1.54, 1.807) is 6.92 Å². The van der Waals surface area contributed by atoms with Crippen LogP contribution in [0.3, 0.4) is 0 Å². The third-order valence-corrected chi connectivity index (χ3v) is 4.34. The maximum atomic E-state index is 13.7. The Kier molecular flexibility index (Phi) is 3.93. The Hall–Kier alpha value is -1.38. The zero-order valence-electron chi connectivity index (χ0n) is 12.2. The van der Waals surface area contributed by atoms with Gasteiger partial charge in [0.15, 0.2) is 5.78 Å². The number of hydrogen-bond acceptors (Lipinski definition) is 2. The number of halogens is 1. The number of ketones is 1. The molecule has 2 atom stereocenters. The number of benzene rings is 1. The summed E-state index contributed by atoms with van der Waals surface area (Å²) >= 11 is 0. The standard InChI is InChI=1S/C16H22FNO/c1-10-6-5-7-18(12(10)3)16-8-11(2)15(17)9-14(16)13(4)19/h8-10,12H,5-7H2,1-4H3. The number of carbonyl (C=O) groups is 1. The molecule has 1 aromatic carbocycles. The van der Waals surface area contributed by atoms with E-state index in [2.05, 4.69) is 18.7 Å². The Morgan fingerprint density at radius 2 is 2.05 bits per heavy atom. The number of rotatable bonds is 2. The Bertz CT molecular complexity index is 498. The summed E-state index contributed by atoms with van der Waals surface area (Å²) in [5.41, 5.74) is 2.00. The van der Waals surface area contributed by atoms with E-state index < -0.39 is 0 Å². The van der Waals surface area contributed by atoms with Gasteiger partial charge in [-0.15, -0.1) is 0 Å². The molecular weight excluding hydrogens is 241 g/mol. The van der Waals surface area contributed by atoms with Gasteiger partial charge in [0, 0.05) is 23.8 Å². The molecule has 0 bridgehead atoms. The molecule has 0 amide bonds.